The molecule has 1 rings (SSSR count). The standard InChI is InChI=1S/C13H20N4O3/c1-4-15-12(18)8-17(5-2)11-6-9(13(19)20-3)10(14)7-16-11/h6-7H,4-5,8,14H2,1-3H3,(H,15,18). The second-order valence-electron chi connectivity index (χ2n) is 4.09. The zero-order valence-electron chi connectivity index (χ0n) is 12.0. The second-order valence-corrected chi connectivity index (χ2v) is 4.09. The minimum Gasteiger partial charge on any atom is -0.465 e. The van der Waals surface area contributed by atoms with E-state index in [4.69, 9.17) is 5.73 Å². The monoisotopic (exact) mass is 280 g/mol. The van der Waals surface area contributed by atoms with E-state index in [9.17, 15) is 9.59 Å². The van der Waals surface area contributed by atoms with Crippen molar-refractivity contribution in [3.63, 3.8) is 0 Å². The highest BCUT2D eigenvalue weighted by Gasteiger charge is 2.16. The fourth-order valence-electron chi connectivity index (χ4n) is 1.70. The zero-order valence-corrected chi connectivity index (χ0v) is 12.0. The molecule has 0 fully saturated rings. The number of pyridine rings is 1. The number of hydrogen-bond acceptors (Lipinski definition) is 6. The summed E-state index contributed by atoms with van der Waals surface area (Å²) in [6, 6.07) is 1.53. The molecule has 0 unspecified atom stereocenters. The lowest BCUT2D eigenvalue weighted by Gasteiger charge is -2.21. The average molecular weight is 280 g/mol. The third kappa shape index (κ3) is 3.84. The quantitative estimate of drug-likeness (QED) is 0.733. The number of hydrogen-bond donors (Lipinski definition) is 2. The molecule has 0 saturated carbocycles. The maximum atomic E-state index is 11.6. The first-order valence-corrected chi connectivity index (χ1v) is 6.38. The van der Waals surface area contributed by atoms with Gasteiger partial charge in [0.2, 0.25) is 5.91 Å². The summed E-state index contributed by atoms with van der Waals surface area (Å²) in [4.78, 5) is 29.1. The number of nitrogens with one attached hydrogen (secondary N) is 1. The molecule has 0 aliphatic rings. The van der Waals surface area contributed by atoms with Crippen molar-refractivity contribution in [2.45, 2.75) is 13.8 Å². The van der Waals surface area contributed by atoms with E-state index >= 15 is 0 Å². The summed E-state index contributed by atoms with van der Waals surface area (Å²) in [5.41, 5.74) is 6.18. The third-order valence-corrected chi connectivity index (χ3v) is 2.74. The smallest absolute Gasteiger partial charge is 0.340 e. The summed E-state index contributed by atoms with van der Waals surface area (Å²) in [5, 5.41) is 2.72. The number of aromatic nitrogens is 1. The van der Waals surface area contributed by atoms with Crippen molar-refractivity contribution in [3.05, 3.63) is 17.8 Å². The van der Waals surface area contributed by atoms with Gasteiger partial charge in [-0.15, -0.1) is 0 Å². The third-order valence-electron chi connectivity index (χ3n) is 2.74. The number of carbonyl (C=O) groups is 2. The van der Waals surface area contributed by atoms with E-state index in [1.165, 1.54) is 19.4 Å². The Morgan fingerprint density at radius 1 is 1.45 bits per heavy atom. The maximum absolute atomic E-state index is 11.6. The molecule has 0 aliphatic carbocycles. The molecule has 1 aromatic rings. The molecule has 0 aromatic carbocycles. The number of carbonyl (C=O) groups excluding carboxylic acids is 2. The van der Waals surface area contributed by atoms with Gasteiger partial charge in [0.15, 0.2) is 0 Å². The summed E-state index contributed by atoms with van der Waals surface area (Å²) >= 11 is 0. The molecule has 3 N–H and O–H groups in total. The molecular formula is C13H20N4O3. The molecule has 0 saturated heterocycles. The van der Waals surface area contributed by atoms with Crippen LogP contribution in [0, 0.1) is 0 Å². The molecule has 1 amide bonds. The van der Waals surface area contributed by atoms with Gasteiger partial charge in [-0.1, -0.05) is 0 Å². The van der Waals surface area contributed by atoms with Crippen LogP contribution in [0.1, 0.15) is 24.2 Å². The Kier molecular flexibility index (Phi) is 5.76. The first-order valence-electron chi connectivity index (χ1n) is 6.38. The highest BCUT2D eigenvalue weighted by molar-refractivity contribution is 5.95. The molecule has 0 atom stereocenters. The Labute approximate surface area is 118 Å². The van der Waals surface area contributed by atoms with Crippen molar-refractivity contribution in [3.8, 4) is 0 Å². The SMILES string of the molecule is CCNC(=O)CN(CC)c1cc(C(=O)OC)c(N)cn1. The Bertz CT molecular complexity index is 491. The lowest BCUT2D eigenvalue weighted by atomic mass is 10.2. The fourth-order valence-corrected chi connectivity index (χ4v) is 1.70. The van der Waals surface area contributed by atoms with Crippen molar-refractivity contribution in [2.75, 3.05) is 37.4 Å². The summed E-state index contributed by atoms with van der Waals surface area (Å²) in [5.74, 6) is -0.124. The van der Waals surface area contributed by atoms with Gasteiger partial charge in [-0.3, -0.25) is 4.79 Å². The highest BCUT2D eigenvalue weighted by Crippen LogP contribution is 2.18. The predicted molar refractivity (Wildman–Crippen MR) is 76.6 cm³/mol. The number of nitrogens with two attached hydrogens (primary N) is 1. The average Bonchev–Trinajstić information content (AvgIpc) is 2.45. The van der Waals surface area contributed by atoms with Crippen molar-refractivity contribution < 1.29 is 14.3 Å². The number of esters is 1. The molecule has 0 radical (unpaired) electrons. The Hall–Kier alpha value is -2.31. The van der Waals surface area contributed by atoms with Crippen molar-refractivity contribution in [1.29, 1.82) is 0 Å². The van der Waals surface area contributed by atoms with Gasteiger partial charge in [-0.25, -0.2) is 9.78 Å². The Morgan fingerprint density at radius 3 is 2.70 bits per heavy atom. The number of anilines is 2. The molecule has 0 aliphatic heterocycles. The van der Waals surface area contributed by atoms with Crippen LogP contribution in [-0.2, 0) is 9.53 Å². The lowest BCUT2D eigenvalue weighted by molar-refractivity contribution is -0.119. The van der Waals surface area contributed by atoms with Gasteiger partial charge in [0.05, 0.1) is 31.1 Å². The van der Waals surface area contributed by atoms with Gasteiger partial charge in [-0.2, -0.15) is 0 Å². The molecule has 1 aromatic heterocycles. The van der Waals surface area contributed by atoms with E-state index in [1.54, 1.807) is 4.90 Å². The molecule has 110 valence electrons. The number of ether oxygens (including phenoxy) is 1. The lowest BCUT2D eigenvalue weighted by Crippen LogP contribution is -2.37. The normalized spacial score (nSPS) is 9.95. The number of methoxy groups -OCH3 is 1. The molecule has 7 nitrogen and oxygen atoms in total. The van der Waals surface area contributed by atoms with E-state index in [1.807, 2.05) is 13.8 Å². The molecule has 0 spiro atoms. The maximum Gasteiger partial charge on any atom is 0.340 e. The van der Waals surface area contributed by atoms with Crippen molar-refractivity contribution >= 4 is 23.4 Å². The Morgan fingerprint density at radius 2 is 2.15 bits per heavy atom. The number of likely N-dealkylation sites (N-methyl/N-ethyl adjacent to an activating group) is 2. The first kappa shape index (κ1) is 15.7. The zero-order chi connectivity index (χ0) is 15.1. The topological polar surface area (TPSA) is 97.5 Å². The molecular weight excluding hydrogens is 260 g/mol. The number of nitrogens with zero attached hydrogens (tertiary/aromatic N) is 2. The minimum absolute atomic E-state index is 0.104. The van der Waals surface area contributed by atoms with Gasteiger partial charge < -0.3 is 20.7 Å². The number of rotatable bonds is 6. The second kappa shape index (κ2) is 7.32. The van der Waals surface area contributed by atoms with E-state index in [0.717, 1.165) is 0 Å². The van der Waals surface area contributed by atoms with Crippen LogP contribution in [0.25, 0.3) is 0 Å². The minimum atomic E-state index is -0.528. The van der Waals surface area contributed by atoms with Crippen LogP contribution in [0.3, 0.4) is 0 Å². The molecule has 1 heterocycles. The van der Waals surface area contributed by atoms with Crippen LogP contribution in [0.4, 0.5) is 11.5 Å². The highest BCUT2D eigenvalue weighted by atomic mass is 16.5. The van der Waals surface area contributed by atoms with E-state index in [-0.39, 0.29) is 23.7 Å². The van der Waals surface area contributed by atoms with Gasteiger partial charge in [0.25, 0.3) is 0 Å². The summed E-state index contributed by atoms with van der Waals surface area (Å²) in [7, 11) is 1.29. The molecule has 20 heavy (non-hydrogen) atoms. The largest absolute Gasteiger partial charge is 0.465 e. The van der Waals surface area contributed by atoms with E-state index < -0.39 is 5.97 Å². The van der Waals surface area contributed by atoms with Gasteiger partial charge in [0.1, 0.15) is 5.82 Å². The Balaban J connectivity index is 2.98. The van der Waals surface area contributed by atoms with Gasteiger partial charge in [-0.05, 0) is 19.9 Å². The van der Waals surface area contributed by atoms with Crippen LogP contribution >= 0.6 is 0 Å². The summed E-state index contributed by atoms with van der Waals surface area (Å²) < 4.78 is 4.66. The molecule has 7 heteroatoms. The summed E-state index contributed by atoms with van der Waals surface area (Å²) in [6.45, 7) is 5.07. The van der Waals surface area contributed by atoms with Crippen LogP contribution in [0.5, 0.6) is 0 Å². The summed E-state index contributed by atoms with van der Waals surface area (Å²) in [6.07, 6.45) is 1.39. The van der Waals surface area contributed by atoms with Crippen LogP contribution in [-0.4, -0.2) is 43.6 Å². The van der Waals surface area contributed by atoms with Gasteiger partial charge >= 0.3 is 5.97 Å². The fraction of sp³-hybridized carbons (Fsp3) is 0.462. The first-order chi connectivity index (χ1) is 9.53. The van der Waals surface area contributed by atoms with Crippen molar-refractivity contribution in [2.24, 2.45) is 0 Å². The predicted octanol–water partition coefficient (Wildman–Crippen LogP) is 0.413. The van der Waals surface area contributed by atoms with Gasteiger partial charge in [0, 0.05) is 13.1 Å². The van der Waals surface area contributed by atoms with Crippen LogP contribution in [0.2, 0.25) is 0 Å². The van der Waals surface area contributed by atoms with Crippen LogP contribution in [0.15, 0.2) is 12.3 Å². The van der Waals surface area contributed by atoms with Crippen molar-refractivity contribution in [1.82, 2.24) is 10.3 Å². The van der Waals surface area contributed by atoms with Crippen LogP contribution < -0.4 is 16.0 Å². The van der Waals surface area contributed by atoms with E-state index in [0.29, 0.717) is 18.9 Å². The number of nitrogen functional groups attached to an aromatic ring is 1. The number of amides is 1. The van der Waals surface area contributed by atoms with E-state index in [2.05, 4.69) is 15.0 Å². The molecule has 0 bridgehead atoms.